The van der Waals surface area contributed by atoms with E-state index in [1.54, 1.807) is 6.07 Å². The number of aliphatic hydroxyl groups excluding tert-OH is 1. The molecule has 0 aliphatic heterocycles. The Bertz CT molecular complexity index is 383. The predicted octanol–water partition coefficient (Wildman–Crippen LogP) is 3.34. The lowest BCUT2D eigenvalue weighted by molar-refractivity contribution is -0.274. The Morgan fingerprint density at radius 3 is 2.50 bits per heavy atom. The van der Waals surface area contributed by atoms with Gasteiger partial charge in [0.05, 0.1) is 0 Å². The maximum atomic E-state index is 12.0. The summed E-state index contributed by atoms with van der Waals surface area (Å²) in [5.41, 5.74) is 1.27. The van der Waals surface area contributed by atoms with Crippen LogP contribution in [0.4, 0.5) is 13.2 Å². The molecule has 1 saturated carbocycles. The van der Waals surface area contributed by atoms with Gasteiger partial charge in [-0.25, -0.2) is 0 Å². The number of hydrogen-bond donors (Lipinski definition) is 1. The lowest BCUT2D eigenvalue weighted by Crippen LogP contribution is -2.17. The Hall–Kier alpha value is -1.23. The van der Waals surface area contributed by atoms with Crippen molar-refractivity contribution in [2.24, 2.45) is 0 Å². The molecule has 1 aliphatic carbocycles. The third-order valence-corrected chi connectivity index (χ3v) is 2.45. The van der Waals surface area contributed by atoms with Gasteiger partial charge in [0, 0.05) is 0 Å². The molecule has 16 heavy (non-hydrogen) atoms. The highest BCUT2D eigenvalue weighted by Crippen LogP contribution is 2.42. The first-order valence-corrected chi connectivity index (χ1v) is 4.87. The fourth-order valence-electron chi connectivity index (χ4n) is 1.63. The molecular formula is C11H10F3O2. The zero-order valence-electron chi connectivity index (χ0n) is 8.29. The third-order valence-electron chi connectivity index (χ3n) is 2.45. The van der Waals surface area contributed by atoms with Crippen LogP contribution >= 0.6 is 0 Å². The van der Waals surface area contributed by atoms with Crippen molar-refractivity contribution < 1.29 is 23.0 Å². The van der Waals surface area contributed by atoms with Crippen LogP contribution in [0.2, 0.25) is 0 Å². The smallest absolute Gasteiger partial charge is 0.406 e. The van der Waals surface area contributed by atoms with Gasteiger partial charge < -0.3 is 9.84 Å². The fourth-order valence-corrected chi connectivity index (χ4v) is 1.63. The van der Waals surface area contributed by atoms with E-state index in [0.717, 1.165) is 25.0 Å². The Labute approximate surface area is 90.7 Å². The molecule has 0 aromatic heterocycles. The maximum Gasteiger partial charge on any atom is 0.573 e. The molecule has 0 atom stereocenters. The van der Waals surface area contributed by atoms with E-state index in [0.29, 0.717) is 11.5 Å². The standard InChI is InChI=1S/C11H10F3O2/c12-11(13,14)16-9-3-4-10(7-1-2-7)8(5-9)6-15/h3-7,15H,1-2H2. The van der Waals surface area contributed by atoms with Crippen molar-refractivity contribution >= 4 is 0 Å². The topological polar surface area (TPSA) is 29.5 Å². The largest absolute Gasteiger partial charge is 0.573 e. The minimum absolute atomic E-state index is 0.308. The van der Waals surface area contributed by atoms with Crippen LogP contribution in [0.5, 0.6) is 5.75 Å². The van der Waals surface area contributed by atoms with E-state index in [1.165, 1.54) is 12.1 Å². The highest BCUT2D eigenvalue weighted by Gasteiger charge is 2.32. The van der Waals surface area contributed by atoms with E-state index >= 15 is 0 Å². The van der Waals surface area contributed by atoms with Crippen LogP contribution in [-0.4, -0.2) is 11.5 Å². The fraction of sp³-hybridized carbons (Fsp3) is 0.364. The molecule has 2 nitrogen and oxygen atoms in total. The molecule has 87 valence electrons. The minimum Gasteiger partial charge on any atom is -0.406 e. The van der Waals surface area contributed by atoms with Gasteiger partial charge in [0.15, 0.2) is 0 Å². The average molecular weight is 231 g/mol. The van der Waals surface area contributed by atoms with Crippen molar-refractivity contribution in [3.63, 3.8) is 0 Å². The minimum atomic E-state index is -4.70. The molecule has 5 heteroatoms. The van der Waals surface area contributed by atoms with Gasteiger partial charge in [-0.15, -0.1) is 13.2 Å². The Morgan fingerprint density at radius 2 is 2.00 bits per heavy atom. The van der Waals surface area contributed by atoms with E-state index in [9.17, 15) is 13.2 Å². The van der Waals surface area contributed by atoms with E-state index in [1.807, 2.05) is 0 Å². The van der Waals surface area contributed by atoms with Crippen molar-refractivity contribution in [3.8, 4) is 5.75 Å². The highest BCUT2D eigenvalue weighted by atomic mass is 19.4. The second-order valence-electron chi connectivity index (χ2n) is 3.74. The van der Waals surface area contributed by atoms with Crippen LogP contribution in [0.15, 0.2) is 18.2 Å². The van der Waals surface area contributed by atoms with E-state index in [4.69, 9.17) is 5.11 Å². The van der Waals surface area contributed by atoms with Crippen LogP contribution in [0.1, 0.15) is 29.9 Å². The molecule has 2 rings (SSSR count). The number of halogens is 3. The van der Waals surface area contributed by atoms with Crippen molar-refractivity contribution in [2.75, 3.05) is 0 Å². The summed E-state index contributed by atoms with van der Waals surface area (Å²) in [7, 11) is 0. The first kappa shape index (κ1) is 11.3. The second-order valence-corrected chi connectivity index (χ2v) is 3.74. The van der Waals surface area contributed by atoms with Gasteiger partial charge in [-0.05, 0) is 42.0 Å². The summed E-state index contributed by atoms with van der Waals surface area (Å²) in [6.07, 6.45) is -2.67. The lowest BCUT2D eigenvalue weighted by atomic mass is 10.0. The summed E-state index contributed by atoms with van der Waals surface area (Å²) in [6.45, 7) is 0.816. The third kappa shape index (κ3) is 2.66. The summed E-state index contributed by atoms with van der Waals surface area (Å²) in [5, 5.41) is 8.96. The normalized spacial score (nSPS) is 16.2. The summed E-state index contributed by atoms with van der Waals surface area (Å²) in [4.78, 5) is 0. The van der Waals surface area contributed by atoms with E-state index in [-0.39, 0.29) is 5.75 Å². The summed E-state index contributed by atoms with van der Waals surface area (Å²) in [6, 6.07) is 4.04. The van der Waals surface area contributed by atoms with Crippen molar-refractivity contribution in [1.82, 2.24) is 0 Å². The predicted molar refractivity (Wildman–Crippen MR) is 50.4 cm³/mol. The van der Waals surface area contributed by atoms with Crippen LogP contribution in [0, 0.1) is 6.61 Å². The SMILES string of the molecule is O[CH]c1cc(OC(F)(F)F)ccc1C1CC1. The molecule has 0 spiro atoms. The van der Waals surface area contributed by atoms with Crippen LogP contribution < -0.4 is 4.74 Å². The van der Waals surface area contributed by atoms with Gasteiger partial charge in [-0.1, -0.05) is 6.07 Å². The quantitative estimate of drug-likeness (QED) is 0.864. The maximum absolute atomic E-state index is 12.0. The number of rotatable bonds is 3. The molecule has 1 radical (unpaired) electrons. The van der Waals surface area contributed by atoms with Crippen LogP contribution in [0.25, 0.3) is 0 Å². The lowest BCUT2D eigenvalue weighted by Gasteiger charge is -2.11. The number of alkyl halides is 3. The Morgan fingerprint density at radius 1 is 1.31 bits per heavy atom. The van der Waals surface area contributed by atoms with Crippen LogP contribution in [-0.2, 0) is 0 Å². The Balaban J connectivity index is 2.22. The van der Waals surface area contributed by atoms with Crippen LogP contribution in [0.3, 0.4) is 0 Å². The van der Waals surface area contributed by atoms with Gasteiger partial charge in [-0.3, -0.25) is 0 Å². The highest BCUT2D eigenvalue weighted by molar-refractivity contribution is 5.42. The first-order valence-electron chi connectivity index (χ1n) is 4.87. The summed E-state index contributed by atoms with van der Waals surface area (Å²) >= 11 is 0. The molecule has 1 aromatic carbocycles. The van der Waals surface area contributed by atoms with Gasteiger partial charge in [0.25, 0.3) is 0 Å². The summed E-state index contributed by atoms with van der Waals surface area (Å²) < 4.78 is 39.6. The number of aliphatic hydroxyl groups is 1. The molecule has 0 amide bonds. The zero-order chi connectivity index (χ0) is 11.8. The Kier molecular flexibility index (Phi) is 2.80. The molecule has 0 unspecified atom stereocenters. The van der Waals surface area contributed by atoms with E-state index in [2.05, 4.69) is 4.74 Å². The molecule has 1 aliphatic rings. The van der Waals surface area contributed by atoms with Crippen molar-refractivity contribution in [1.29, 1.82) is 0 Å². The van der Waals surface area contributed by atoms with Gasteiger partial charge in [0.1, 0.15) is 12.4 Å². The van der Waals surface area contributed by atoms with Crippen molar-refractivity contribution in [3.05, 3.63) is 35.9 Å². The van der Waals surface area contributed by atoms with E-state index < -0.39 is 6.36 Å². The number of hydrogen-bond acceptors (Lipinski definition) is 2. The van der Waals surface area contributed by atoms with Gasteiger partial charge in [0.2, 0.25) is 0 Å². The monoisotopic (exact) mass is 231 g/mol. The number of benzene rings is 1. The molecule has 0 saturated heterocycles. The second kappa shape index (κ2) is 3.97. The van der Waals surface area contributed by atoms with Crippen molar-refractivity contribution in [2.45, 2.75) is 25.1 Å². The number of ether oxygens (including phenoxy) is 1. The molecule has 1 N–H and O–H groups in total. The molecule has 0 heterocycles. The molecule has 0 bridgehead atoms. The molecule has 1 aromatic rings. The molecule has 1 fully saturated rings. The summed E-state index contributed by atoms with van der Waals surface area (Å²) in [5.74, 6) is 0.0514. The average Bonchev–Trinajstić information content (AvgIpc) is 2.98. The first-order chi connectivity index (χ1) is 7.49. The molecular weight excluding hydrogens is 221 g/mol. The zero-order valence-corrected chi connectivity index (χ0v) is 8.29. The van der Waals surface area contributed by atoms with Gasteiger partial charge >= 0.3 is 6.36 Å². The van der Waals surface area contributed by atoms with Gasteiger partial charge in [-0.2, -0.15) is 0 Å².